The Bertz CT molecular complexity index is 1150. The van der Waals surface area contributed by atoms with Crippen molar-refractivity contribution in [3.63, 3.8) is 0 Å². The van der Waals surface area contributed by atoms with Crippen molar-refractivity contribution >= 4 is 68.0 Å². The van der Waals surface area contributed by atoms with Gasteiger partial charge in [0, 0.05) is 11.6 Å². The van der Waals surface area contributed by atoms with E-state index >= 15 is 0 Å². The van der Waals surface area contributed by atoms with E-state index in [0.29, 0.717) is 10.7 Å². The third-order valence-corrected chi connectivity index (χ3v) is 8.98. The van der Waals surface area contributed by atoms with E-state index in [1.165, 1.54) is 19.2 Å². The third-order valence-electron chi connectivity index (χ3n) is 4.59. The zero-order valence-electron chi connectivity index (χ0n) is 17.0. The number of thiophene rings is 1. The van der Waals surface area contributed by atoms with Crippen LogP contribution in [-0.2, 0) is 24.2 Å². The lowest BCUT2D eigenvalue weighted by atomic mass is 10.2. The number of anilines is 1. The van der Waals surface area contributed by atoms with Crippen LogP contribution in [-0.4, -0.2) is 56.4 Å². The highest BCUT2D eigenvalue weighted by Gasteiger charge is 2.38. The van der Waals surface area contributed by atoms with Crippen molar-refractivity contribution in [1.82, 2.24) is 10.6 Å². The number of halogens is 1. The molecule has 2 amide bonds. The van der Waals surface area contributed by atoms with Crippen LogP contribution in [0.1, 0.15) is 15.2 Å². The molecule has 0 aliphatic carbocycles. The molecule has 0 spiro atoms. The molecule has 13 heteroatoms. The number of hydrogen-bond donors (Lipinski definition) is 3. The number of amides is 2. The molecule has 1 saturated heterocycles. The first-order chi connectivity index (χ1) is 15.1. The Balaban J connectivity index is 1.56. The zero-order valence-corrected chi connectivity index (χ0v) is 20.2. The van der Waals surface area contributed by atoms with Gasteiger partial charge < -0.3 is 15.4 Å². The van der Waals surface area contributed by atoms with Gasteiger partial charge in [0.25, 0.3) is 0 Å². The van der Waals surface area contributed by atoms with E-state index in [9.17, 15) is 22.8 Å². The molecule has 9 nitrogen and oxygen atoms in total. The first-order valence-corrected chi connectivity index (χ1v) is 13.1. The molecule has 1 fully saturated rings. The Hall–Kier alpha value is -2.12. The number of benzene rings is 1. The van der Waals surface area contributed by atoms with Crippen LogP contribution in [0.2, 0.25) is 5.02 Å². The van der Waals surface area contributed by atoms with Gasteiger partial charge in [0.15, 0.2) is 15.1 Å². The minimum Gasteiger partial charge on any atom is -0.465 e. The lowest BCUT2D eigenvalue weighted by molar-refractivity contribution is -0.122. The van der Waals surface area contributed by atoms with E-state index in [-0.39, 0.29) is 22.1 Å². The monoisotopic (exact) mass is 517 g/mol. The summed E-state index contributed by atoms with van der Waals surface area (Å²) in [6.07, 6.45) is 0. The number of thioether (sulfide) groups is 1. The molecule has 0 radical (unpaired) electrons. The Morgan fingerprint density at radius 1 is 1.34 bits per heavy atom. The number of methoxy groups -OCH3 is 1. The van der Waals surface area contributed by atoms with E-state index in [4.69, 9.17) is 11.6 Å². The molecule has 2 aromatic rings. The van der Waals surface area contributed by atoms with Gasteiger partial charge in [0.1, 0.15) is 10.4 Å². The summed E-state index contributed by atoms with van der Waals surface area (Å²) in [5.41, 5.74) is 0.424. The molecule has 1 aliphatic heterocycles. The summed E-state index contributed by atoms with van der Waals surface area (Å²) in [4.78, 5) is 36.7. The maximum Gasteiger partial charge on any atom is 0.350 e. The molecule has 1 aromatic carbocycles. The normalized spacial score (nSPS) is 18.7. The molecule has 0 saturated carbocycles. The molecular formula is C19H20ClN3O6S3. The summed E-state index contributed by atoms with van der Waals surface area (Å²) in [6, 6.07) is 5.92. The molecule has 2 atom stereocenters. The Morgan fingerprint density at radius 3 is 2.75 bits per heavy atom. The van der Waals surface area contributed by atoms with Crippen molar-refractivity contribution in [2.24, 2.45) is 0 Å². The summed E-state index contributed by atoms with van der Waals surface area (Å²) in [5.74, 6) is -1.64. The average molecular weight is 518 g/mol. The molecule has 0 bridgehead atoms. The van der Waals surface area contributed by atoms with Crippen LogP contribution in [0.4, 0.5) is 5.69 Å². The van der Waals surface area contributed by atoms with Crippen LogP contribution >= 0.6 is 34.7 Å². The minimum atomic E-state index is -3.95. The number of hydrogen-bond acceptors (Lipinski definition) is 9. The molecule has 3 rings (SSSR count). The fourth-order valence-corrected chi connectivity index (χ4v) is 6.20. The fraction of sp³-hybridized carbons (Fsp3) is 0.316. The van der Waals surface area contributed by atoms with Crippen molar-refractivity contribution in [3.8, 4) is 0 Å². The van der Waals surface area contributed by atoms with Crippen LogP contribution in [0.3, 0.4) is 0 Å². The highest BCUT2D eigenvalue weighted by molar-refractivity contribution is 8.00. The Labute approximate surface area is 198 Å². The Kier molecular flexibility index (Phi) is 7.83. The van der Waals surface area contributed by atoms with Gasteiger partial charge in [-0.2, -0.15) is 0 Å². The second-order valence-corrected chi connectivity index (χ2v) is 11.3. The molecule has 2 heterocycles. The maximum atomic E-state index is 12.9. The standard InChI is InChI=1S/C19H20ClN3O6S3/c1-10-3-4-11(7-12(10)20)32(27,28)14-8-21-19(23-17(14)25)31-9-15(24)22-13-5-6-30-16(13)18(26)29-2/h3-7,14,19,21H,8-9H2,1-2H3,(H,22,24)(H,23,25). The number of ether oxygens (including phenoxy) is 1. The number of esters is 1. The van der Waals surface area contributed by atoms with Crippen molar-refractivity contribution in [3.05, 3.63) is 45.1 Å². The summed E-state index contributed by atoms with van der Waals surface area (Å²) < 4.78 is 30.4. The first kappa shape index (κ1) is 24.5. The van der Waals surface area contributed by atoms with E-state index in [2.05, 4.69) is 20.7 Å². The SMILES string of the molecule is COC(=O)c1sccc1NC(=O)CSC1NCC(S(=O)(=O)c2ccc(C)c(Cl)c2)C(=O)N1. The summed E-state index contributed by atoms with van der Waals surface area (Å²) in [7, 11) is -2.69. The fourth-order valence-electron chi connectivity index (χ4n) is 2.85. The van der Waals surface area contributed by atoms with Crippen LogP contribution in [0.25, 0.3) is 0 Å². The van der Waals surface area contributed by atoms with Gasteiger partial charge in [0.2, 0.25) is 11.8 Å². The van der Waals surface area contributed by atoms with E-state index < -0.39 is 38.4 Å². The topological polar surface area (TPSA) is 131 Å². The van der Waals surface area contributed by atoms with Crippen LogP contribution in [0.5, 0.6) is 0 Å². The lowest BCUT2D eigenvalue weighted by Crippen LogP contribution is -2.59. The number of aryl methyl sites for hydroxylation is 1. The summed E-state index contributed by atoms with van der Waals surface area (Å²) in [5, 5.41) is 8.75. The van der Waals surface area contributed by atoms with Crippen molar-refractivity contribution in [2.75, 3.05) is 24.7 Å². The molecule has 1 aromatic heterocycles. The molecule has 2 unspecified atom stereocenters. The van der Waals surface area contributed by atoms with Gasteiger partial charge in [-0.1, -0.05) is 17.7 Å². The number of rotatable bonds is 7. The molecule has 3 N–H and O–H groups in total. The molecule has 172 valence electrons. The molecule has 32 heavy (non-hydrogen) atoms. The predicted molar refractivity (Wildman–Crippen MR) is 124 cm³/mol. The second-order valence-electron chi connectivity index (χ2n) is 6.76. The van der Waals surface area contributed by atoms with Crippen LogP contribution in [0.15, 0.2) is 34.5 Å². The zero-order chi connectivity index (χ0) is 23.5. The number of carbonyl (C=O) groups excluding carboxylic acids is 3. The Morgan fingerprint density at radius 2 is 2.09 bits per heavy atom. The number of carbonyl (C=O) groups is 3. The van der Waals surface area contributed by atoms with Gasteiger partial charge in [-0.05, 0) is 36.1 Å². The van der Waals surface area contributed by atoms with E-state index in [1.807, 2.05) is 0 Å². The van der Waals surface area contributed by atoms with Gasteiger partial charge in [-0.3, -0.25) is 14.9 Å². The van der Waals surface area contributed by atoms with Crippen molar-refractivity contribution in [1.29, 1.82) is 0 Å². The van der Waals surface area contributed by atoms with E-state index in [0.717, 1.165) is 28.7 Å². The number of nitrogens with one attached hydrogen (secondary N) is 3. The number of sulfone groups is 1. The third kappa shape index (κ3) is 5.44. The smallest absolute Gasteiger partial charge is 0.350 e. The van der Waals surface area contributed by atoms with Crippen LogP contribution < -0.4 is 16.0 Å². The van der Waals surface area contributed by atoms with Gasteiger partial charge in [0.05, 0.1) is 23.4 Å². The maximum absolute atomic E-state index is 12.9. The van der Waals surface area contributed by atoms with Gasteiger partial charge >= 0.3 is 5.97 Å². The second kappa shape index (κ2) is 10.2. The highest BCUT2D eigenvalue weighted by Crippen LogP contribution is 2.25. The summed E-state index contributed by atoms with van der Waals surface area (Å²) >= 11 is 8.25. The van der Waals surface area contributed by atoms with Crippen molar-refractivity contribution in [2.45, 2.75) is 22.6 Å². The van der Waals surface area contributed by atoms with Gasteiger partial charge in [-0.25, -0.2) is 13.2 Å². The minimum absolute atomic E-state index is 0.0299. The van der Waals surface area contributed by atoms with Crippen molar-refractivity contribution < 1.29 is 27.5 Å². The largest absolute Gasteiger partial charge is 0.465 e. The van der Waals surface area contributed by atoms with Crippen LogP contribution in [0, 0.1) is 6.92 Å². The average Bonchev–Trinajstić information content (AvgIpc) is 3.21. The molecule has 1 aliphatic rings. The predicted octanol–water partition coefficient (Wildman–Crippen LogP) is 2.01. The molecular weight excluding hydrogens is 498 g/mol. The van der Waals surface area contributed by atoms with Gasteiger partial charge in [-0.15, -0.1) is 23.1 Å². The highest BCUT2D eigenvalue weighted by atomic mass is 35.5. The lowest BCUT2D eigenvalue weighted by Gasteiger charge is -2.29. The summed E-state index contributed by atoms with van der Waals surface area (Å²) in [6.45, 7) is 1.64. The quantitative estimate of drug-likeness (QED) is 0.475. The van der Waals surface area contributed by atoms with E-state index in [1.54, 1.807) is 24.4 Å². The first-order valence-electron chi connectivity index (χ1n) is 9.24.